The van der Waals surface area contributed by atoms with E-state index in [-0.39, 0.29) is 0 Å². The van der Waals surface area contributed by atoms with Gasteiger partial charge in [0.1, 0.15) is 11.5 Å². The lowest BCUT2D eigenvalue weighted by Gasteiger charge is -2.29. The number of nitrogens with one attached hydrogen (secondary N) is 3. The smallest absolute Gasteiger partial charge is 0.156 e. The fraction of sp³-hybridized carbons (Fsp3) is 0.400. The molecule has 0 saturated carbocycles. The molecule has 0 fully saturated rings. The Balaban J connectivity index is 2.07. The van der Waals surface area contributed by atoms with Crippen molar-refractivity contribution in [2.24, 2.45) is 0 Å². The van der Waals surface area contributed by atoms with E-state index in [0.29, 0.717) is 12.5 Å². The van der Waals surface area contributed by atoms with E-state index in [0.717, 1.165) is 30.1 Å². The molecular formula is C10H15N5. The van der Waals surface area contributed by atoms with E-state index in [9.17, 15) is 0 Å². The van der Waals surface area contributed by atoms with Gasteiger partial charge in [0.25, 0.3) is 0 Å². The number of fused-ring (bicyclic) bond motifs is 1. The normalized spacial score (nSPS) is 14.7. The summed E-state index contributed by atoms with van der Waals surface area (Å²) in [6.07, 6.45) is 2.52. The molecule has 2 heterocycles. The van der Waals surface area contributed by atoms with Gasteiger partial charge in [-0.05, 0) is 13.3 Å². The highest BCUT2D eigenvalue weighted by Crippen LogP contribution is 2.17. The molecule has 1 aliphatic heterocycles. The number of nitrogens with zero attached hydrogens (tertiary/aromatic N) is 2. The molecule has 0 aromatic carbocycles. The summed E-state index contributed by atoms with van der Waals surface area (Å²) in [5.41, 5.74) is 1.90. The second-order valence-corrected chi connectivity index (χ2v) is 3.78. The monoisotopic (exact) mass is 205 g/mol. The molecule has 5 nitrogen and oxygen atoms in total. The molecule has 0 spiro atoms. The Morgan fingerprint density at radius 3 is 3.27 bits per heavy atom. The van der Waals surface area contributed by atoms with Gasteiger partial charge in [-0.3, -0.25) is 5.41 Å². The minimum atomic E-state index is 0.502. The van der Waals surface area contributed by atoms with Crippen LogP contribution in [-0.2, 0) is 0 Å². The first-order valence-electron chi connectivity index (χ1n) is 4.94. The largest absolute Gasteiger partial charge is 0.351 e. The summed E-state index contributed by atoms with van der Waals surface area (Å²) in [6, 6.07) is 0. The number of amidine groups is 1. The Kier molecular flexibility index (Phi) is 2.45. The van der Waals surface area contributed by atoms with Crippen LogP contribution in [0.15, 0.2) is 18.5 Å². The van der Waals surface area contributed by atoms with Crippen LogP contribution in [0.25, 0.3) is 0 Å². The maximum absolute atomic E-state index is 7.97. The molecule has 0 bridgehead atoms. The van der Waals surface area contributed by atoms with Crippen molar-refractivity contribution in [2.75, 3.05) is 18.5 Å². The number of hydrogen-bond donors (Lipinski definition) is 3. The van der Waals surface area contributed by atoms with E-state index in [1.54, 1.807) is 6.33 Å². The van der Waals surface area contributed by atoms with Gasteiger partial charge in [-0.2, -0.15) is 0 Å². The van der Waals surface area contributed by atoms with Crippen molar-refractivity contribution in [1.82, 2.24) is 14.9 Å². The Labute approximate surface area is 88.7 Å². The van der Waals surface area contributed by atoms with Crippen LogP contribution in [-0.4, -0.2) is 33.9 Å². The molecule has 0 saturated heterocycles. The van der Waals surface area contributed by atoms with Crippen LogP contribution in [0.2, 0.25) is 0 Å². The maximum Gasteiger partial charge on any atom is 0.156 e. The van der Waals surface area contributed by atoms with E-state index in [1.165, 1.54) is 0 Å². The van der Waals surface area contributed by atoms with E-state index in [2.05, 4.69) is 21.9 Å². The molecule has 1 aromatic heterocycles. The number of aromatic nitrogens is 2. The van der Waals surface area contributed by atoms with Crippen LogP contribution >= 0.6 is 0 Å². The van der Waals surface area contributed by atoms with E-state index in [4.69, 9.17) is 5.41 Å². The van der Waals surface area contributed by atoms with Gasteiger partial charge >= 0.3 is 0 Å². The predicted octanol–water partition coefficient (Wildman–Crippen LogP) is 1.39. The lowest BCUT2D eigenvalue weighted by atomic mass is 10.2. The van der Waals surface area contributed by atoms with Gasteiger partial charge in [-0.25, -0.2) is 4.98 Å². The van der Waals surface area contributed by atoms with Crippen molar-refractivity contribution in [3.8, 4) is 0 Å². The summed E-state index contributed by atoms with van der Waals surface area (Å²) in [4.78, 5) is 9.02. The average Bonchev–Trinajstić information content (AvgIpc) is 2.65. The SMILES string of the molecule is C=C(C)CCN1CNc2nc[nH]c2C1=N. The van der Waals surface area contributed by atoms with E-state index >= 15 is 0 Å². The molecule has 2 rings (SSSR count). The average molecular weight is 205 g/mol. The van der Waals surface area contributed by atoms with Crippen molar-refractivity contribution in [3.05, 3.63) is 24.2 Å². The zero-order valence-electron chi connectivity index (χ0n) is 8.80. The summed E-state index contributed by atoms with van der Waals surface area (Å²) in [5.74, 6) is 1.27. The first kappa shape index (κ1) is 9.76. The molecule has 3 N–H and O–H groups in total. The van der Waals surface area contributed by atoms with Crippen molar-refractivity contribution < 1.29 is 0 Å². The van der Waals surface area contributed by atoms with Gasteiger partial charge in [0.15, 0.2) is 5.82 Å². The molecular weight excluding hydrogens is 190 g/mol. The molecule has 0 aliphatic carbocycles. The third-order valence-corrected chi connectivity index (χ3v) is 2.44. The highest BCUT2D eigenvalue weighted by atomic mass is 15.3. The third kappa shape index (κ3) is 1.86. The highest BCUT2D eigenvalue weighted by Gasteiger charge is 2.22. The summed E-state index contributed by atoms with van der Waals surface area (Å²) in [6.45, 7) is 7.33. The summed E-state index contributed by atoms with van der Waals surface area (Å²) < 4.78 is 0. The van der Waals surface area contributed by atoms with Crippen molar-refractivity contribution in [1.29, 1.82) is 5.41 Å². The molecule has 0 atom stereocenters. The molecule has 1 aliphatic rings. The van der Waals surface area contributed by atoms with Gasteiger partial charge in [0, 0.05) is 6.54 Å². The first-order chi connectivity index (χ1) is 7.18. The van der Waals surface area contributed by atoms with E-state index in [1.807, 2.05) is 11.8 Å². The van der Waals surface area contributed by atoms with Crippen LogP contribution < -0.4 is 5.32 Å². The zero-order chi connectivity index (χ0) is 10.8. The molecule has 0 unspecified atom stereocenters. The second-order valence-electron chi connectivity index (χ2n) is 3.78. The number of H-pyrrole nitrogens is 1. The van der Waals surface area contributed by atoms with Crippen LogP contribution in [0.5, 0.6) is 0 Å². The molecule has 15 heavy (non-hydrogen) atoms. The molecule has 0 radical (unpaired) electrons. The maximum atomic E-state index is 7.97. The van der Waals surface area contributed by atoms with Crippen LogP contribution in [0, 0.1) is 5.41 Å². The van der Waals surface area contributed by atoms with Crippen molar-refractivity contribution in [2.45, 2.75) is 13.3 Å². The fourth-order valence-corrected chi connectivity index (χ4v) is 1.53. The zero-order valence-corrected chi connectivity index (χ0v) is 8.80. The van der Waals surface area contributed by atoms with Crippen LogP contribution in [0.4, 0.5) is 5.82 Å². The number of aromatic amines is 1. The summed E-state index contributed by atoms with van der Waals surface area (Å²) in [5, 5.41) is 11.1. The van der Waals surface area contributed by atoms with Crippen LogP contribution in [0.3, 0.4) is 0 Å². The minimum absolute atomic E-state index is 0.502. The highest BCUT2D eigenvalue weighted by molar-refractivity contribution is 6.00. The van der Waals surface area contributed by atoms with Crippen LogP contribution in [0.1, 0.15) is 19.0 Å². The Morgan fingerprint density at radius 1 is 1.73 bits per heavy atom. The fourth-order valence-electron chi connectivity index (χ4n) is 1.53. The summed E-state index contributed by atoms with van der Waals surface area (Å²) in [7, 11) is 0. The Hall–Kier alpha value is -1.78. The third-order valence-electron chi connectivity index (χ3n) is 2.44. The van der Waals surface area contributed by atoms with E-state index < -0.39 is 0 Å². The molecule has 0 amide bonds. The summed E-state index contributed by atoms with van der Waals surface area (Å²) >= 11 is 0. The Morgan fingerprint density at radius 2 is 2.53 bits per heavy atom. The number of anilines is 1. The van der Waals surface area contributed by atoms with Gasteiger partial charge < -0.3 is 15.2 Å². The van der Waals surface area contributed by atoms with Gasteiger partial charge in [-0.1, -0.05) is 5.57 Å². The number of imidazole rings is 1. The topological polar surface area (TPSA) is 67.8 Å². The van der Waals surface area contributed by atoms with Crippen molar-refractivity contribution >= 4 is 11.7 Å². The Bertz CT molecular complexity index is 392. The second kappa shape index (κ2) is 3.76. The number of rotatable bonds is 3. The van der Waals surface area contributed by atoms with Gasteiger partial charge in [0.2, 0.25) is 0 Å². The molecule has 80 valence electrons. The number of hydrogen-bond acceptors (Lipinski definition) is 3. The standard InChI is InChI=1S/C10H15N5/c1-7(2)3-4-15-6-14-10-8(9(15)11)12-5-13-10/h5,11,14H,1,3-4,6H2,2H3,(H,12,13). The predicted molar refractivity (Wildman–Crippen MR) is 60.0 cm³/mol. The quantitative estimate of drug-likeness (QED) is 0.653. The lowest BCUT2D eigenvalue weighted by Crippen LogP contribution is -2.40. The first-order valence-corrected chi connectivity index (χ1v) is 4.94. The van der Waals surface area contributed by atoms with Gasteiger partial charge in [-0.15, -0.1) is 6.58 Å². The molecule has 5 heteroatoms. The molecule has 1 aromatic rings. The minimum Gasteiger partial charge on any atom is -0.351 e. The van der Waals surface area contributed by atoms with Gasteiger partial charge in [0.05, 0.1) is 13.0 Å². The van der Waals surface area contributed by atoms with Crippen molar-refractivity contribution in [3.63, 3.8) is 0 Å². The lowest BCUT2D eigenvalue weighted by molar-refractivity contribution is 0.441.